The van der Waals surface area contributed by atoms with Gasteiger partial charge in [-0.05, 0) is 57.0 Å². The van der Waals surface area contributed by atoms with E-state index in [-0.39, 0.29) is 11.9 Å². The lowest BCUT2D eigenvalue weighted by atomic mass is 10.0. The zero-order chi connectivity index (χ0) is 22.6. The Labute approximate surface area is 182 Å². The third-order valence-corrected chi connectivity index (χ3v) is 5.89. The van der Waals surface area contributed by atoms with Gasteiger partial charge in [-0.2, -0.15) is 13.2 Å². The third kappa shape index (κ3) is 6.55. The van der Waals surface area contributed by atoms with Crippen molar-refractivity contribution in [2.45, 2.75) is 45.5 Å². The van der Waals surface area contributed by atoms with E-state index in [1.807, 2.05) is 39.1 Å². The Morgan fingerprint density at radius 3 is 2.48 bits per heavy atom. The lowest BCUT2D eigenvalue weighted by molar-refractivity contribution is -0.137. The van der Waals surface area contributed by atoms with Crippen LogP contribution in [0.2, 0.25) is 0 Å². The predicted octanol–water partition coefficient (Wildman–Crippen LogP) is 4.86. The molecule has 1 amide bonds. The van der Waals surface area contributed by atoms with Crippen LogP contribution >= 0.6 is 0 Å². The van der Waals surface area contributed by atoms with Crippen LogP contribution in [0.3, 0.4) is 0 Å². The molecule has 7 heteroatoms. The number of piperidine rings is 1. The number of nitrogens with one attached hydrogen (secondary N) is 1. The van der Waals surface area contributed by atoms with Crippen LogP contribution in [0.15, 0.2) is 42.5 Å². The van der Waals surface area contributed by atoms with Crippen molar-refractivity contribution in [3.63, 3.8) is 0 Å². The summed E-state index contributed by atoms with van der Waals surface area (Å²) in [6, 6.07) is 11.8. The molecule has 2 aromatic rings. The fraction of sp³-hybridized carbons (Fsp3) is 0.458. The lowest BCUT2D eigenvalue weighted by Gasteiger charge is -2.36. The van der Waals surface area contributed by atoms with Gasteiger partial charge < -0.3 is 5.32 Å². The van der Waals surface area contributed by atoms with Crippen molar-refractivity contribution in [3.8, 4) is 0 Å². The Morgan fingerprint density at radius 1 is 1.13 bits per heavy atom. The zero-order valence-corrected chi connectivity index (χ0v) is 18.3. The van der Waals surface area contributed by atoms with Gasteiger partial charge in [0.1, 0.15) is 0 Å². The van der Waals surface area contributed by atoms with Gasteiger partial charge in [0.2, 0.25) is 5.91 Å². The molecule has 0 radical (unpaired) electrons. The smallest absolute Gasteiger partial charge is 0.325 e. The average Bonchev–Trinajstić information content (AvgIpc) is 2.70. The topological polar surface area (TPSA) is 35.6 Å². The fourth-order valence-electron chi connectivity index (χ4n) is 4.13. The zero-order valence-electron chi connectivity index (χ0n) is 18.3. The highest BCUT2D eigenvalue weighted by atomic mass is 19.4. The number of amides is 1. The Balaban J connectivity index is 1.47. The van der Waals surface area contributed by atoms with Gasteiger partial charge in [0.25, 0.3) is 0 Å². The molecule has 168 valence electrons. The number of anilines is 1. The van der Waals surface area contributed by atoms with Gasteiger partial charge in [-0.1, -0.05) is 35.9 Å². The van der Waals surface area contributed by atoms with Gasteiger partial charge in [0.15, 0.2) is 0 Å². The van der Waals surface area contributed by atoms with Crippen LogP contribution in [0.1, 0.15) is 35.1 Å². The van der Waals surface area contributed by atoms with Crippen molar-refractivity contribution in [1.29, 1.82) is 0 Å². The molecule has 1 N–H and O–H groups in total. The first-order valence-corrected chi connectivity index (χ1v) is 10.6. The van der Waals surface area contributed by atoms with E-state index in [0.717, 1.165) is 48.8 Å². The van der Waals surface area contributed by atoms with E-state index in [1.54, 1.807) is 6.07 Å². The summed E-state index contributed by atoms with van der Waals surface area (Å²) in [6.07, 6.45) is -2.56. The first-order chi connectivity index (χ1) is 14.6. The highest BCUT2D eigenvalue weighted by molar-refractivity contribution is 5.93. The van der Waals surface area contributed by atoms with Crippen molar-refractivity contribution in [3.05, 3.63) is 64.7 Å². The summed E-state index contributed by atoms with van der Waals surface area (Å²) < 4.78 is 38.8. The number of nitrogens with zero attached hydrogens (tertiary/aromatic N) is 2. The van der Waals surface area contributed by atoms with Crippen LogP contribution in [0, 0.1) is 13.8 Å². The van der Waals surface area contributed by atoms with Crippen molar-refractivity contribution < 1.29 is 18.0 Å². The van der Waals surface area contributed by atoms with E-state index < -0.39 is 11.7 Å². The van der Waals surface area contributed by atoms with Gasteiger partial charge in [-0.3, -0.25) is 14.6 Å². The van der Waals surface area contributed by atoms with E-state index in [2.05, 4.69) is 15.1 Å². The molecule has 2 aromatic carbocycles. The van der Waals surface area contributed by atoms with Crippen LogP contribution in [-0.4, -0.2) is 48.4 Å². The first kappa shape index (κ1) is 23.3. The minimum Gasteiger partial charge on any atom is -0.325 e. The Kier molecular flexibility index (Phi) is 7.38. The quantitative estimate of drug-likeness (QED) is 0.707. The number of hydrogen-bond acceptors (Lipinski definition) is 3. The van der Waals surface area contributed by atoms with Crippen molar-refractivity contribution in [2.24, 2.45) is 0 Å². The molecular weight excluding hydrogens is 403 g/mol. The molecule has 1 aliphatic rings. The molecule has 0 aromatic heterocycles. The van der Waals surface area contributed by atoms with Gasteiger partial charge in [-0.25, -0.2) is 0 Å². The van der Waals surface area contributed by atoms with Crippen LogP contribution in [0.4, 0.5) is 18.9 Å². The molecule has 31 heavy (non-hydrogen) atoms. The number of alkyl halides is 3. The largest absolute Gasteiger partial charge is 0.416 e. The van der Waals surface area contributed by atoms with E-state index in [4.69, 9.17) is 0 Å². The minimum atomic E-state index is -4.32. The fourth-order valence-corrected chi connectivity index (χ4v) is 4.13. The average molecular weight is 434 g/mol. The number of hydrogen-bond donors (Lipinski definition) is 1. The standard InChI is InChI=1S/C24H30F3N3O/c1-17-7-8-22(18(2)13-17)28-23(31)16-30-11-9-21(10-12-30)29(3)15-19-5-4-6-20(14-19)24(25,26)27/h4-8,13-14,21H,9-12,15-16H2,1-3H3,(H,28,31). The summed E-state index contributed by atoms with van der Waals surface area (Å²) in [5.74, 6) is -0.0253. The van der Waals surface area contributed by atoms with Gasteiger partial charge in [-0.15, -0.1) is 0 Å². The maximum absolute atomic E-state index is 12.9. The first-order valence-electron chi connectivity index (χ1n) is 10.6. The summed E-state index contributed by atoms with van der Waals surface area (Å²) in [7, 11) is 1.95. The number of carbonyl (C=O) groups is 1. The second-order valence-electron chi connectivity index (χ2n) is 8.49. The molecule has 0 atom stereocenters. The predicted molar refractivity (Wildman–Crippen MR) is 117 cm³/mol. The van der Waals surface area contributed by atoms with Crippen LogP contribution in [0.5, 0.6) is 0 Å². The highest BCUT2D eigenvalue weighted by Gasteiger charge is 2.30. The summed E-state index contributed by atoms with van der Waals surface area (Å²) in [5.41, 5.74) is 3.09. The van der Waals surface area contributed by atoms with Crippen molar-refractivity contribution in [2.75, 3.05) is 32.0 Å². The van der Waals surface area contributed by atoms with E-state index in [9.17, 15) is 18.0 Å². The maximum atomic E-state index is 12.9. The summed E-state index contributed by atoms with van der Waals surface area (Å²) in [4.78, 5) is 16.7. The number of halogens is 3. The van der Waals surface area contributed by atoms with Crippen LogP contribution < -0.4 is 5.32 Å². The summed E-state index contributed by atoms with van der Waals surface area (Å²) in [6.45, 7) is 6.40. The molecule has 0 aliphatic carbocycles. The number of aryl methyl sites for hydroxylation is 2. The SMILES string of the molecule is Cc1ccc(NC(=O)CN2CCC(N(C)Cc3cccc(C(F)(F)F)c3)CC2)c(C)c1. The van der Waals surface area contributed by atoms with Gasteiger partial charge in [0.05, 0.1) is 12.1 Å². The third-order valence-electron chi connectivity index (χ3n) is 5.89. The molecule has 0 unspecified atom stereocenters. The van der Waals surface area contributed by atoms with E-state index in [1.165, 1.54) is 12.1 Å². The molecule has 0 saturated carbocycles. The molecule has 1 heterocycles. The second kappa shape index (κ2) is 9.83. The monoisotopic (exact) mass is 433 g/mol. The summed E-state index contributed by atoms with van der Waals surface area (Å²) in [5, 5.41) is 2.99. The molecule has 1 aliphatic heterocycles. The van der Waals surface area contributed by atoms with Crippen LogP contribution in [-0.2, 0) is 17.5 Å². The molecular formula is C24H30F3N3O. The maximum Gasteiger partial charge on any atom is 0.416 e. The highest BCUT2D eigenvalue weighted by Crippen LogP contribution is 2.30. The molecule has 1 saturated heterocycles. The van der Waals surface area contributed by atoms with Gasteiger partial charge >= 0.3 is 6.18 Å². The molecule has 4 nitrogen and oxygen atoms in total. The van der Waals surface area contributed by atoms with E-state index in [0.29, 0.717) is 18.7 Å². The summed E-state index contributed by atoms with van der Waals surface area (Å²) >= 11 is 0. The molecule has 0 bridgehead atoms. The Bertz CT molecular complexity index is 905. The van der Waals surface area contributed by atoms with E-state index >= 15 is 0 Å². The Hall–Kier alpha value is -2.38. The van der Waals surface area contributed by atoms with Crippen LogP contribution in [0.25, 0.3) is 0 Å². The van der Waals surface area contributed by atoms with Gasteiger partial charge in [0, 0.05) is 31.4 Å². The molecule has 3 rings (SSSR count). The number of rotatable bonds is 6. The second-order valence-corrected chi connectivity index (χ2v) is 8.49. The Morgan fingerprint density at radius 2 is 1.84 bits per heavy atom. The minimum absolute atomic E-state index is 0.0253. The number of likely N-dealkylation sites (tertiary alicyclic amines) is 1. The number of carbonyl (C=O) groups excluding carboxylic acids is 1. The molecule has 0 spiro atoms. The normalized spacial score (nSPS) is 16.0. The molecule has 1 fully saturated rings. The van der Waals surface area contributed by atoms with Crippen molar-refractivity contribution >= 4 is 11.6 Å². The number of benzene rings is 2. The van der Waals surface area contributed by atoms with Crippen molar-refractivity contribution in [1.82, 2.24) is 9.80 Å². The lowest BCUT2D eigenvalue weighted by Crippen LogP contribution is -2.45.